The minimum Gasteiger partial charge on any atom is -0.430 e. The Hall–Kier alpha value is -0.340. The van der Waals surface area contributed by atoms with E-state index in [0.717, 1.165) is 51.6 Å². The van der Waals surface area contributed by atoms with Gasteiger partial charge in [0, 0.05) is 37.3 Å². The van der Waals surface area contributed by atoms with E-state index in [9.17, 15) is 4.79 Å². The van der Waals surface area contributed by atoms with Gasteiger partial charge in [0.15, 0.2) is 5.60 Å². The molecular weight excluding hydrogens is 390 g/mol. The molecule has 6 nitrogen and oxygen atoms in total. The van der Waals surface area contributed by atoms with Crippen molar-refractivity contribution in [2.24, 2.45) is 16.7 Å². The molecule has 1 spiro atoms. The molecule has 3 fully saturated rings. The van der Waals surface area contributed by atoms with Gasteiger partial charge in [0.05, 0.1) is 5.41 Å². The van der Waals surface area contributed by atoms with Crippen LogP contribution in [-0.4, -0.2) is 41.3 Å². The highest BCUT2D eigenvalue weighted by Crippen LogP contribution is 2.73. The van der Waals surface area contributed by atoms with E-state index in [1.165, 1.54) is 12.0 Å². The Morgan fingerprint density at radius 1 is 1.14 bits per heavy atom. The Bertz CT molecular complexity index is 596. The SMILES string of the molecule is CCCN(CCC)OOSCC12CCC(CC13OC(=O)[C@@](C)(CCC)O3)C2(C)C. The molecule has 0 aromatic carbocycles. The largest absolute Gasteiger partial charge is 0.430 e. The first-order valence-corrected chi connectivity index (χ1v) is 12.3. The van der Waals surface area contributed by atoms with Crippen LogP contribution in [0, 0.1) is 16.7 Å². The lowest BCUT2D eigenvalue weighted by Gasteiger charge is -2.46. The molecule has 29 heavy (non-hydrogen) atoms. The van der Waals surface area contributed by atoms with E-state index in [0.29, 0.717) is 18.1 Å². The lowest BCUT2D eigenvalue weighted by Crippen LogP contribution is -2.53. The second-order valence-corrected chi connectivity index (χ2v) is 10.5. The monoisotopic (exact) mass is 429 g/mol. The number of rotatable bonds is 11. The molecule has 3 aliphatic rings. The van der Waals surface area contributed by atoms with Crippen LogP contribution in [0.2, 0.25) is 0 Å². The Labute approximate surface area is 180 Å². The number of carbonyl (C=O) groups excluding carboxylic acids is 1. The first-order valence-electron chi connectivity index (χ1n) is 11.3. The Kier molecular flexibility index (Phi) is 6.96. The molecule has 1 heterocycles. The Morgan fingerprint density at radius 2 is 1.83 bits per heavy atom. The third kappa shape index (κ3) is 3.75. The maximum absolute atomic E-state index is 12.8. The van der Waals surface area contributed by atoms with Crippen molar-refractivity contribution in [3.8, 4) is 0 Å². The van der Waals surface area contributed by atoms with Crippen molar-refractivity contribution in [1.29, 1.82) is 0 Å². The summed E-state index contributed by atoms with van der Waals surface area (Å²) in [5, 5.41) is 1.86. The van der Waals surface area contributed by atoms with Crippen molar-refractivity contribution < 1.29 is 23.6 Å². The van der Waals surface area contributed by atoms with E-state index in [-0.39, 0.29) is 16.8 Å². The summed E-state index contributed by atoms with van der Waals surface area (Å²) in [6.07, 6.45) is 6.49. The number of hydroxylamine groups is 2. The van der Waals surface area contributed by atoms with Gasteiger partial charge in [-0.1, -0.05) is 41.0 Å². The number of nitrogens with zero attached hydrogens (tertiary/aromatic N) is 1. The van der Waals surface area contributed by atoms with Crippen LogP contribution >= 0.6 is 12.0 Å². The minimum absolute atomic E-state index is 0.00757. The van der Waals surface area contributed by atoms with Crippen LogP contribution in [0.1, 0.15) is 86.5 Å². The molecule has 2 bridgehead atoms. The third-order valence-corrected chi connectivity index (χ3v) is 8.43. The molecule has 4 atom stereocenters. The van der Waals surface area contributed by atoms with Crippen LogP contribution < -0.4 is 0 Å². The van der Waals surface area contributed by atoms with Gasteiger partial charge in [-0.3, -0.25) is 0 Å². The van der Waals surface area contributed by atoms with Crippen LogP contribution in [0.4, 0.5) is 0 Å². The van der Waals surface area contributed by atoms with Gasteiger partial charge in [-0.25, -0.2) is 4.79 Å². The van der Waals surface area contributed by atoms with Crippen molar-refractivity contribution in [3.63, 3.8) is 0 Å². The average Bonchev–Trinajstić information content (AvgIpc) is 3.11. The lowest BCUT2D eigenvalue weighted by atomic mass is 9.68. The first kappa shape index (κ1) is 23.3. The molecule has 0 aromatic rings. The summed E-state index contributed by atoms with van der Waals surface area (Å²) in [5.41, 5.74) is -1.11. The molecule has 3 rings (SSSR count). The molecule has 0 amide bonds. The second-order valence-electron chi connectivity index (χ2n) is 9.80. The number of carbonyl (C=O) groups is 1. The number of fused-ring (bicyclic) bond motifs is 3. The molecule has 1 aliphatic heterocycles. The van der Waals surface area contributed by atoms with E-state index < -0.39 is 11.4 Å². The van der Waals surface area contributed by atoms with Gasteiger partial charge in [0.1, 0.15) is 0 Å². The first-order chi connectivity index (χ1) is 13.7. The molecule has 2 aliphatic carbocycles. The van der Waals surface area contributed by atoms with Gasteiger partial charge < -0.3 is 9.47 Å². The van der Waals surface area contributed by atoms with Crippen LogP contribution in [0.25, 0.3) is 0 Å². The van der Waals surface area contributed by atoms with Crippen molar-refractivity contribution in [2.45, 2.75) is 97.9 Å². The summed E-state index contributed by atoms with van der Waals surface area (Å²) in [6.45, 7) is 14.5. The lowest BCUT2D eigenvalue weighted by molar-refractivity contribution is -0.360. The third-order valence-electron chi connectivity index (χ3n) is 7.66. The summed E-state index contributed by atoms with van der Waals surface area (Å²) in [7, 11) is 0. The molecule has 168 valence electrons. The molecule has 3 unspecified atom stereocenters. The van der Waals surface area contributed by atoms with E-state index >= 15 is 0 Å². The predicted octanol–water partition coefficient (Wildman–Crippen LogP) is 5.27. The fraction of sp³-hybridized carbons (Fsp3) is 0.955. The van der Waals surface area contributed by atoms with Crippen LogP contribution in [0.3, 0.4) is 0 Å². The van der Waals surface area contributed by atoms with Gasteiger partial charge in [0.2, 0.25) is 5.79 Å². The fourth-order valence-electron chi connectivity index (χ4n) is 5.89. The van der Waals surface area contributed by atoms with Crippen molar-refractivity contribution in [2.75, 3.05) is 18.8 Å². The van der Waals surface area contributed by atoms with E-state index in [2.05, 4.69) is 34.6 Å². The normalized spacial score (nSPS) is 37.8. The van der Waals surface area contributed by atoms with Gasteiger partial charge in [-0.15, -0.1) is 9.32 Å². The van der Waals surface area contributed by atoms with Crippen LogP contribution in [0.15, 0.2) is 0 Å². The number of esters is 1. The summed E-state index contributed by atoms with van der Waals surface area (Å²) in [5.74, 6) is 0.111. The summed E-state index contributed by atoms with van der Waals surface area (Å²) in [4.78, 5) is 18.4. The summed E-state index contributed by atoms with van der Waals surface area (Å²) in [6, 6.07) is 0. The molecule has 1 saturated heterocycles. The van der Waals surface area contributed by atoms with Crippen molar-refractivity contribution in [1.82, 2.24) is 5.06 Å². The van der Waals surface area contributed by atoms with Crippen molar-refractivity contribution in [3.05, 3.63) is 0 Å². The highest BCUT2D eigenvalue weighted by Gasteiger charge is 2.78. The summed E-state index contributed by atoms with van der Waals surface area (Å²) >= 11 is 1.32. The summed E-state index contributed by atoms with van der Waals surface area (Å²) < 4.78 is 18.3. The quantitative estimate of drug-likeness (QED) is 0.146. The standard InChI is InChI=1S/C22H39NO5S/c1-7-11-20(6)18(24)25-22(26-20)15-17-10-12-21(22,19(17,4)5)16-29-28-27-23(13-8-2)14-9-3/h17H,7-16H2,1-6H3/t17?,20-,21?,22?/m1/s1. The zero-order chi connectivity index (χ0) is 21.3. The maximum Gasteiger partial charge on any atom is 0.340 e. The predicted molar refractivity (Wildman–Crippen MR) is 114 cm³/mol. The zero-order valence-electron chi connectivity index (χ0n) is 19.0. The van der Waals surface area contributed by atoms with E-state index in [1.54, 1.807) is 0 Å². The van der Waals surface area contributed by atoms with Gasteiger partial charge in [0.25, 0.3) is 0 Å². The van der Waals surface area contributed by atoms with Crippen LogP contribution in [0.5, 0.6) is 0 Å². The molecular formula is C22H39NO5S. The van der Waals surface area contributed by atoms with Crippen LogP contribution in [-0.2, 0) is 23.6 Å². The highest BCUT2D eigenvalue weighted by atomic mass is 32.2. The smallest absolute Gasteiger partial charge is 0.340 e. The number of hydrogen-bond donors (Lipinski definition) is 0. The molecule has 7 heteroatoms. The minimum atomic E-state index is -0.844. The van der Waals surface area contributed by atoms with Crippen molar-refractivity contribution >= 4 is 18.0 Å². The molecule has 0 radical (unpaired) electrons. The van der Waals surface area contributed by atoms with E-state index in [4.69, 9.17) is 18.8 Å². The molecule has 0 N–H and O–H groups in total. The number of ether oxygens (including phenoxy) is 2. The highest BCUT2D eigenvalue weighted by molar-refractivity contribution is 7.94. The Balaban J connectivity index is 1.73. The van der Waals surface area contributed by atoms with Gasteiger partial charge in [-0.2, -0.15) is 5.06 Å². The second kappa shape index (κ2) is 8.65. The molecule has 2 saturated carbocycles. The van der Waals surface area contributed by atoms with E-state index in [1.807, 2.05) is 12.0 Å². The average molecular weight is 430 g/mol. The fourth-order valence-corrected chi connectivity index (χ4v) is 7.00. The molecule has 0 aromatic heterocycles. The van der Waals surface area contributed by atoms with Gasteiger partial charge >= 0.3 is 5.97 Å². The Morgan fingerprint density at radius 3 is 2.41 bits per heavy atom. The topological polar surface area (TPSA) is 57.2 Å². The number of hydrogen-bond acceptors (Lipinski definition) is 7. The van der Waals surface area contributed by atoms with Gasteiger partial charge in [-0.05, 0) is 50.4 Å². The zero-order valence-corrected chi connectivity index (χ0v) is 19.9. The maximum atomic E-state index is 12.8.